The van der Waals surface area contributed by atoms with Gasteiger partial charge in [-0.05, 0) is 43.9 Å². The summed E-state index contributed by atoms with van der Waals surface area (Å²) in [6.45, 7) is 7.27. The van der Waals surface area contributed by atoms with Crippen LogP contribution in [0, 0.1) is 12.3 Å². The highest BCUT2D eigenvalue weighted by Crippen LogP contribution is 2.36. The van der Waals surface area contributed by atoms with Crippen LogP contribution in [0.2, 0.25) is 5.02 Å². The van der Waals surface area contributed by atoms with Crippen LogP contribution in [0.4, 0.5) is 5.69 Å². The van der Waals surface area contributed by atoms with Crippen molar-refractivity contribution >= 4 is 40.2 Å². The highest BCUT2D eigenvalue weighted by Gasteiger charge is 2.21. The molecule has 19 heavy (non-hydrogen) atoms. The van der Waals surface area contributed by atoms with Gasteiger partial charge < -0.3 is 15.8 Å². The van der Waals surface area contributed by atoms with E-state index in [1.54, 1.807) is 13.8 Å². The number of aliphatic hydroxyl groups is 1. The van der Waals surface area contributed by atoms with Crippen LogP contribution in [0.15, 0.2) is 0 Å². The van der Waals surface area contributed by atoms with Crippen LogP contribution in [0.1, 0.15) is 43.0 Å². The summed E-state index contributed by atoms with van der Waals surface area (Å²) < 4.78 is 0. The van der Waals surface area contributed by atoms with Crippen LogP contribution in [-0.4, -0.2) is 15.8 Å². The molecule has 0 radical (unpaired) electrons. The van der Waals surface area contributed by atoms with Gasteiger partial charge in [0.2, 0.25) is 0 Å². The predicted molar refractivity (Wildman–Crippen MR) is 85.9 cm³/mol. The molecule has 0 amide bonds. The molecule has 0 unspecified atom stereocenters. The molecule has 0 atom stereocenters. The lowest BCUT2D eigenvalue weighted by molar-refractivity contribution is 0.280. The van der Waals surface area contributed by atoms with Crippen LogP contribution >= 0.6 is 23.8 Å². The van der Waals surface area contributed by atoms with Crippen molar-refractivity contribution in [2.75, 3.05) is 5.32 Å². The van der Waals surface area contributed by atoms with Gasteiger partial charge >= 0.3 is 0 Å². The van der Waals surface area contributed by atoms with Crippen molar-refractivity contribution in [3.05, 3.63) is 27.3 Å². The first kappa shape index (κ1) is 16.1. The topological polar surface area (TPSA) is 56.1 Å². The Hall–Kier alpha value is -0.970. The molecule has 0 heterocycles. The Morgan fingerprint density at radius 1 is 1.37 bits per heavy atom. The first-order valence-corrected chi connectivity index (χ1v) is 6.91. The van der Waals surface area contributed by atoms with E-state index < -0.39 is 0 Å². The SMILES string of the molecule is CCc1c(C)c(Cl)c(NC(C)=S)c(C(C)=N)c1CO. The Balaban J connectivity index is 3.75. The number of anilines is 1. The third-order valence-electron chi connectivity index (χ3n) is 3.11. The van der Waals surface area contributed by atoms with Crippen molar-refractivity contribution < 1.29 is 5.11 Å². The number of hydrogen-bond donors (Lipinski definition) is 3. The van der Waals surface area contributed by atoms with Gasteiger partial charge in [-0.2, -0.15) is 0 Å². The number of aliphatic hydroxyl groups excluding tert-OH is 1. The molecule has 1 aromatic carbocycles. The van der Waals surface area contributed by atoms with Crippen LogP contribution in [0.5, 0.6) is 0 Å². The van der Waals surface area contributed by atoms with Crippen molar-refractivity contribution in [3.63, 3.8) is 0 Å². The molecule has 3 nitrogen and oxygen atoms in total. The fourth-order valence-corrected chi connectivity index (χ4v) is 2.68. The highest BCUT2D eigenvalue weighted by molar-refractivity contribution is 7.80. The first-order chi connectivity index (χ1) is 8.84. The fourth-order valence-electron chi connectivity index (χ4n) is 2.32. The first-order valence-electron chi connectivity index (χ1n) is 6.12. The van der Waals surface area contributed by atoms with E-state index in [4.69, 9.17) is 29.2 Å². The van der Waals surface area contributed by atoms with E-state index in [0.717, 1.165) is 23.1 Å². The molecule has 0 aromatic heterocycles. The molecule has 0 saturated heterocycles. The second-order valence-corrected chi connectivity index (χ2v) is 5.45. The lowest BCUT2D eigenvalue weighted by Gasteiger charge is -2.21. The molecule has 5 heteroatoms. The molecule has 0 fully saturated rings. The summed E-state index contributed by atoms with van der Waals surface area (Å²) in [4.78, 5) is 0.580. The molecule has 0 aliphatic carbocycles. The van der Waals surface area contributed by atoms with Crippen LogP contribution in [0.25, 0.3) is 0 Å². The maximum Gasteiger partial charge on any atom is 0.0766 e. The predicted octanol–water partition coefficient (Wildman–Crippen LogP) is 3.85. The zero-order chi connectivity index (χ0) is 14.7. The smallest absolute Gasteiger partial charge is 0.0766 e. The van der Waals surface area contributed by atoms with Crippen LogP contribution in [0.3, 0.4) is 0 Å². The molecule has 3 N–H and O–H groups in total. The Labute approximate surface area is 124 Å². The molecule has 104 valence electrons. The van der Waals surface area contributed by atoms with E-state index in [1.165, 1.54) is 0 Å². The second kappa shape index (κ2) is 6.46. The molecular weight excluding hydrogens is 280 g/mol. The molecule has 0 bridgehead atoms. The van der Waals surface area contributed by atoms with E-state index in [-0.39, 0.29) is 6.61 Å². The highest BCUT2D eigenvalue weighted by atomic mass is 35.5. The summed E-state index contributed by atoms with van der Waals surface area (Å²) in [5.74, 6) is 0. The second-order valence-electron chi connectivity index (χ2n) is 4.46. The third-order valence-corrected chi connectivity index (χ3v) is 3.68. The van der Waals surface area contributed by atoms with Gasteiger partial charge in [0.1, 0.15) is 0 Å². The van der Waals surface area contributed by atoms with Gasteiger partial charge in [-0.25, -0.2) is 0 Å². The van der Waals surface area contributed by atoms with E-state index >= 15 is 0 Å². The summed E-state index contributed by atoms with van der Waals surface area (Å²) in [6.07, 6.45) is 0.762. The number of thiocarbonyl (C=S) groups is 1. The minimum atomic E-state index is -0.113. The normalized spacial score (nSPS) is 10.4. The van der Waals surface area contributed by atoms with Gasteiger partial charge in [0.25, 0.3) is 0 Å². The number of benzene rings is 1. The fraction of sp³-hybridized carbons (Fsp3) is 0.429. The van der Waals surface area contributed by atoms with E-state index in [2.05, 4.69) is 5.32 Å². The Kier molecular flexibility index (Phi) is 5.47. The maximum atomic E-state index is 9.65. The van der Waals surface area contributed by atoms with Gasteiger partial charge in [0, 0.05) is 11.3 Å². The Morgan fingerprint density at radius 3 is 2.32 bits per heavy atom. The average molecular weight is 299 g/mol. The molecule has 1 rings (SSSR count). The van der Waals surface area contributed by atoms with E-state index in [1.807, 2.05) is 13.8 Å². The number of halogens is 1. The van der Waals surface area contributed by atoms with Gasteiger partial charge in [-0.1, -0.05) is 30.7 Å². The van der Waals surface area contributed by atoms with Crippen molar-refractivity contribution in [3.8, 4) is 0 Å². The summed E-state index contributed by atoms with van der Waals surface area (Å²) >= 11 is 11.5. The largest absolute Gasteiger partial charge is 0.392 e. The maximum absolute atomic E-state index is 9.65. The van der Waals surface area contributed by atoms with Crippen molar-refractivity contribution in [1.29, 1.82) is 5.41 Å². The zero-order valence-electron chi connectivity index (χ0n) is 11.6. The molecule has 0 aliphatic rings. The minimum Gasteiger partial charge on any atom is -0.392 e. The third kappa shape index (κ3) is 3.14. The molecule has 0 saturated carbocycles. The van der Waals surface area contributed by atoms with E-state index in [9.17, 15) is 5.11 Å². The quantitative estimate of drug-likeness (QED) is 0.584. The monoisotopic (exact) mass is 298 g/mol. The van der Waals surface area contributed by atoms with Crippen LogP contribution < -0.4 is 5.32 Å². The number of nitrogens with one attached hydrogen (secondary N) is 2. The van der Waals surface area contributed by atoms with Crippen molar-refractivity contribution in [1.82, 2.24) is 0 Å². The lowest BCUT2D eigenvalue weighted by Crippen LogP contribution is -2.14. The zero-order valence-corrected chi connectivity index (χ0v) is 13.2. The van der Waals surface area contributed by atoms with Gasteiger partial charge in [0.15, 0.2) is 0 Å². The van der Waals surface area contributed by atoms with Gasteiger partial charge in [0.05, 0.1) is 22.3 Å². The summed E-state index contributed by atoms with van der Waals surface area (Å²) in [5.41, 5.74) is 4.33. The molecule has 0 aliphatic heterocycles. The van der Waals surface area contributed by atoms with Gasteiger partial charge in [-0.15, -0.1) is 0 Å². The molecular formula is C14H19ClN2OS. The number of hydrogen-bond acceptors (Lipinski definition) is 3. The lowest BCUT2D eigenvalue weighted by atomic mass is 9.91. The molecule has 1 aromatic rings. The van der Waals surface area contributed by atoms with Crippen molar-refractivity contribution in [2.45, 2.75) is 40.7 Å². The summed E-state index contributed by atoms with van der Waals surface area (Å²) in [5, 5.41) is 21.2. The van der Waals surface area contributed by atoms with E-state index in [0.29, 0.717) is 27.0 Å². The summed E-state index contributed by atoms with van der Waals surface area (Å²) in [7, 11) is 0. The average Bonchev–Trinajstić information content (AvgIpc) is 2.33. The van der Waals surface area contributed by atoms with Gasteiger partial charge in [-0.3, -0.25) is 0 Å². The number of rotatable bonds is 4. The van der Waals surface area contributed by atoms with Crippen LogP contribution in [-0.2, 0) is 13.0 Å². The summed E-state index contributed by atoms with van der Waals surface area (Å²) in [6, 6.07) is 0. The Bertz CT molecular complexity index is 541. The standard InChI is InChI=1S/C14H19ClN2OS/c1-5-10-7(2)13(15)14(17-9(4)19)12(8(3)16)11(10)6-18/h16,18H,5-6H2,1-4H3,(H,17,19). The Morgan fingerprint density at radius 2 is 1.95 bits per heavy atom. The molecule has 0 spiro atoms. The minimum absolute atomic E-state index is 0.113. The van der Waals surface area contributed by atoms with Crippen molar-refractivity contribution in [2.24, 2.45) is 0 Å².